The topological polar surface area (TPSA) is 120 Å². The van der Waals surface area contributed by atoms with E-state index in [2.05, 4.69) is 32.5 Å². The van der Waals surface area contributed by atoms with Gasteiger partial charge in [0.2, 0.25) is 5.95 Å². The number of rotatable bonds is 3. The number of benzene rings is 1. The first-order valence-electron chi connectivity index (χ1n) is 6.29. The van der Waals surface area contributed by atoms with Crippen molar-refractivity contribution in [2.45, 2.75) is 6.54 Å². The fourth-order valence-electron chi connectivity index (χ4n) is 2.39. The van der Waals surface area contributed by atoms with Gasteiger partial charge in [-0.2, -0.15) is 4.98 Å². The van der Waals surface area contributed by atoms with Crippen molar-refractivity contribution >= 4 is 55.5 Å². The Balaban J connectivity index is 2.29. The van der Waals surface area contributed by atoms with Crippen LogP contribution in [0.25, 0.3) is 21.8 Å². The van der Waals surface area contributed by atoms with Crippen LogP contribution >= 0.6 is 15.9 Å². The van der Waals surface area contributed by atoms with Crippen molar-refractivity contribution in [2.24, 2.45) is 0 Å². The van der Waals surface area contributed by atoms with Crippen LogP contribution in [0.1, 0.15) is 0 Å². The number of halogens is 1. The Morgan fingerprint density at radius 2 is 2.14 bits per heavy atom. The maximum Gasteiger partial charge on any atom is 0.332 e. The highest BCUT2D eigenvalue weighted by molar-refractivity contribution is 9.10. The molecule has 1 aromatic carbocycles. The normalized spacial score (nSPS) is 11.1. The molecule has 0 aliphatic heterocycles. The zero-order valence-corrected chi connectivity index (χ0v) is 13.0. The Morgan fingerprint density at radius 3 is 2.82 bits per heavy atom. The number of hydrogen-bond acceptors (Lipinski definition) is 5. The van der Waals surface area contributed by atoms with Crippen LogP contribution in [0.5, 0.6) is 0 Å². The highest BCUT2D eigenvalue weighted by Crippen LogP contribution is 2.34. The third-order valence-corrected chi connectivity index (χ3v) is 3.99. The molecule has 0 radical (unpaired) electrons. The summed E-state index contributed by atoms with van der Waals surface area (Å²) in [6, 6.07) is 3.69. The van der Waals surface area contributed by atoms with Gasteiger partial charge in [-0.1, -0.05) is 6.58 Å². The molecule has 0 aliphatic rings. The van der Waals surface area contributed by atoms with E-state index < -0.39 is 5.97 Å². The van der Waals surface area contributed by atoms with E-state index in [1.165, 1.54) is 0 Å². The Labute approximate surface area is 133 Å². The summed E-state index contributed by atoms with van der Waals surface area (Å²) in [5, 5.41) is 10.5. The van der Waals surface area contributed by atoms with Crippen molar-refractivity contribution in [3.05, 3.63) is 35.0 Å². The molecule has 112 valence electrons. The molecule has 0 spiro atoms. The van der Waals surface area contributed by atoms with Gasteiger partial charge in [0.05, 0.1) is 23.0 Å². The fourth-order valence-corrected chi connectivity index (χ4v) is 2.89. The van der Waals surface area contributed by atoms with E-state index in [4.69, 9.17) is 16.6 Å². The lowest BCUT2D eigenvalue weighted by Crippen LogP contribution is -2.07. The molecule has 2 heterocycles. The fraction of sp³-hybridized carbons (Fsp3) is 0.0714. The molecule has 3 aromatic rings. The second kappa shape index (κ2) is 4.99. The number of carboxylic acid groups (broad SMARTS) is 1. The van der Waals surface area contributed by atoms with Crippen LogP contribution in [0, 0.1) is 0 Å². The van der Waals surface area contributed by atoms with E-state index in [1.807, 2.05) is 12.1 Å². The monoisotopic (exact) mass is 361 g/mol. The van der Waals surface area contributed by atoms with Gasteiger partial charge in [-0.25, -0.2) is 9.78 Å². The average Bonchev–Trinajstić information content (AvgIpc) is 2.81. The summed E-state index contributed by atoms with van der Waals surface area (Å²) >= 11 is 3.45. The lowest BCUT2D eigenvalue weighted by Gasteiger charge is -2.09. The molecule has 8 heteroatoms. The van der Waals surface area contributed by atoms with Crippen LogP contribution in [0.2, 0.25) is 0 Å². The highest BCUT2D eigenvalue weighted by Gasteiger charge is 2.15. The van der Waals surface area contributed by atoms with Gasteiger partial charge in [-0.05, 0) is 28.1 Å². The minimum absolute atomic E-state index is 0.0928. The summed E-state index contributed by atoms with van der Waals surface area (Å²) in [5.74, 6) is -0.648. The summed E-state index contributed by atoms with van der Waals surface area (Å²) in [5.41, 5.74) is 13.1. The molecule has 22 heavy (non-hydrogen) atoms. The molecule has 0 saturated heterocycles. The Morgan fingerprint density at radius 1 is 1.41 bits per heavy atom. The summed E-state index contributed by atoms with van der Waals surface area (Å²) in [6.07, 6.45) is 1.78. The third kappa shape index (κ3) is 2.17. The van der Waals surface area contributed by atoms with Crippen LogP contribution < -0.4 is 11.5 Å². The number of nitrogens with two attached hydrogens (primary N) is 2. The lowest BCUT2D eigenvalue weighted by atomic mass is 10.1. The summed E-state index contributed by atoms with van der Waals surface area (Å²) in [4.78, 5) is 19.2. The van der Waals surface area contributed by atoms with Crippen molar-refractivity contribution in [3.8, 4) is 0 Å². The second-order valence-corrected chi connectivity index (χ2v) is 5.69. The average molecular weight is 362 g/mol. The number of nitrogen functional groups attached to an aromatic ring is 2. The number of carboxylic acids is 1. The van der Waals surface area contributed by atoms with Gasteiger partial charge >= 0.3 is 5.97 Å². The predicted molar refractivity (Wildman–Crippen MR) is 88.3 cm³/mol. The van der Waals surface area contributed by atoms with Crippen LogP contribution in [-0.2, 0) is 11.3 Å². The van der Waals surface area contributed by atoms with E-state index in [1.54, 1.807) is 10.8 Å². The number of anilines is 2. The first kappa shape index (κ1) is 14.3. The largest absolute Gasteiger partial charge is 0.478 e. The van der Waals surface area contributed by atoms with Crippen molar-refractivity contribution in [1.82, 2.24) is 14.5 Å². The standard InChI is InChI=1S/C14H12BrN5O2/c1-6(13(21)22)5-20-3-2-7-9(20)4-8(15)11-10(7)12(16)19-14(17)18-11/h2-4H,1,5H2,(H,21,22)(H4,16,17,18,19). The second-order valence-electron chi connectivity index (χ2n) is 4.83. The zero-order chi connectivity index (χ0) is 16.0. The number of aromatic nitrogens is 3. The van der Waals surface area contributed by atoms with E-state index >= 15 is 0 Å². The maximum atomic E-state index is 11.0. The quantitative estimate of drug-likeness (QED) is 0.614. The van der Waals surface area contributed by atoms with Crippen LogP contribution in [0.15, 0.2) is 35.0 Å². The Hall–Kier alpha value is -2.61. The van der Waals surface area contributed by atoms with E-state index in [-0.39, 0.29) is 23.9 Å². The summed E-state index contributed by atoms with van der Waals surface area (Å²) in [7, 11) is 0. The molecule has 2 aromatic heterocycles. The number of carbonyl (C=O) groups is 1. The van der Waals surface area contributed by atoms with Gasteiger partial charge in [-0.15, -0.1) is 0 Å². The van der Waals surface area contributed by atoms with Crippen molar-refractivity contribution in [2.75, 3.05) is 11.5 Å². The molecular weight excluding hydrogens is 350 g/mol. The molecule has 7 nitrogen and oxygen atoms in total. The predicted octanol–water partition coefficient (Wildman–Crippen LogP) is 2.15. The van der Waals surface area contributed by atoms with Crippen molar-refractivity contribution < 1.29 is 9.90 Å². The van der Waals surface area contributed by atoms with Crippen molar-refractivity contribution in [3.63, 3.8) is 0 Å². The number of aliphatic carboxylic acids is 1. The van der Waals surface area contributed by atoms with E-state index in [0.717, 1.165) is 10.9 Å². The first-order chi connectivity index (χ1) is 10.4. The third-order valence-electron chi connectivity index (χ3n) is 3.38. The van der Waals surface area contributed by atoms with Gasteiger partial charge in [0.1, 0.15) is 5.82 Å². The number of nitrogens with zero attached hydrogens (tertiary/aromatic N) is 3. The first-order valence-corrected chi connectivity index (χ1v) is 7.09. The summed E-state index contributed by atoms with van der Waals surface area (Å²) in [6.45, 7) is 3.72. The molecule has 0 atom stereocenters. The van der Waals surface area contributed by atoms with Gasteiger partial charge in [0.25, 0.3) is 0 Å². The van der Waals surface area contributed by atoms with Crippen LogP contribution in [0.4, 0.5) is 11.8 Å². The number of hydrogen-bond donors (Lipinski definition) is 3. The van der Waals surface area contributed by atoms with Crippen LogP contribution in [-0.4, -0.2) is 25.6 Å². The molecule has 0 amide bonds. The van der Waals surface area contributed by atoms with E-state index in [9.17, 15) is 4.79 Å². The molecule has 5 N–H and O–H groups in total. The van der Waals surface area contributed by atoms with Gasteiger partial charge < -0.3 is 21.1 Å². The van der Waals surface area contributed by atoms with Crippen molar-refractivity contribution in [1.29, 1.82) is 0 Å². The molecule has 0 fully saturated rings. The highest BCUT2D eigenvalue weighted by atomic mass is 79.9. The molecule has 0 unspecified atom stereocenters. The summed E-state index contributed by atoms with van der Waals surface area (Å²) < 4.78 is 2.49. The zero-order valence-electron chi connectivity index (χ0n) is 11.4. The molecule has 3 rings (SSSR count). The van der Waals surface area contributed by atoms with Gasteiger partial charge in [0.15, 0.2) is 0 Å². The smallest absolute Gasteiger partial charge is 0.332 e. The molecular formula is C14H12BrN5O2. The SMILES string of the molecule is C=C(Cn1ccc2c3c(N)nc(N)nc3c(Br)cc21)C(=O)O. The van der Waals surface area contributed by atoms with Gasteiger partial charge in [0, 0.05) is 21.6 Å². The molecule has 0 bridgehead atoms. The molecule has 0 aliphatic carbocycles. The maximum absolute atomic E-state index is 11.0. The van der Waals surface area contributed by atoms with Gasteiger partial charge in [-0.3, -0.25) is 0 Å². The molecule has 0 saturated carbocycles. The minimum Gasteiger partial charge on any atom is -0.478 e. The van der Waals surface area contributed by atoms with E-state index in [0.29, 0.717) is 15.4 Å². The Bertz CT molecular complexity index is 947. The Kier molecular flexibility index (Phi) is 3.25. The minimum atomic E-state index is -1.03. The lowest BCUT2D eigenvalue weighted by molar-refractivity contribution is -0.132. The van der Waals surface area contributed by atoms with Crippen LogP contribution in [0.3, 0.4) is 0 Å². The number of fused-ring (bicyclic) bond motifs is 3.